The van der Waals surface area contributed by atoms with E-state index in [1.165, 1.54) is 31.7 Å². The van der Waals surface area contributed by atoms with Crippen LogP contribution in [0.3, 0.4) is 0 Å². The molecule has 7 rings (SSSR count). The Bertz CT molecular complexity index is 1760. The molecule has 0 radical (unpaired) electrons. The van der Waals surface area contributed by atoms with Crippen molar-refractivity contribution in [1.82, 2.24) is 19.7 Å². The number of carbonyl (C=O) groups excluding carboxylic acids is 1. The van der Waals surface area contributed by atoms with Crippen molar-refractivity contribution in [2.45, 2.75) is 44.6 Å². The maximum Gasteiger partial charge on any atom is 0.256 e. The maximum absolute atomic E-state index is 15.8. The molecule has 9 heteroatoms. The number of pyridine rings is 1. The number of rotatable bonds is 8. The van der Waals surface area contributed by atoms with Gasteiger partial charge >= 0.3 is 0 Å². The van der Waals surface area contributed by atoms with E-state index in [1.807, 2.05) is 41.0 Å². The lowest BCUT2D eigenvalue weighted by atomic mass is 10.0. The number of amides is 1. The Kier molecular flexibility index (Phi) is 7.53. The number of hydrogen-bond acceptors (Lipinski definition) is 6. The number of nitrogens with one attached hydrogen (secondary N) is 2. The smallest absolute Gasteiger partial charge is 0.256 e. The summed E-state index contributed by atoms with van der Waals surface area (Å²) in [5, 5.41) is 8.32. The molecule has 1 amide bonds. The van der Waals surface area contributed by atoms with Crippen molar-refractivity contribution in [1.29, 1.82) is 0 Å². The fraction of sp³-hybridized carbons (Fsp3) is 0.412. The molecule has 4 aromatic rings. The number of benzene rings is 3. The van der Waals surface area contributed by atoms with Crippen molar-refractivity contribution in [2.24, 2.45) is 0 Å². The van der Waals surface area contributed by atoms with E-state index in [4.69, 9.17) is 4.74 Å². The van der Waals surface area contributed by atoms with Crippen molar-refractivity contribution >= 4 is 33.3 Å². The topological polar surface area (TPSA) is 78.8 Å². The summed E-state index contributed by atoms with van der Waals surface area (Å²) >= 11 is 0. The first-order chi connectivity index (χ1) is 21.0. The highest BCUT2D eigenvalue weighted by Gasteiger charge is 2.29. The van der Waals surface area contributed by atoms with Crippen LogP contribution < -0.4 is 20.8 Å². The lowest BCUT2D eigenvalue weighted by Gasteiger charge is -2.27. The number of halogens is 1. The summed E-state index contributed by atoms with van der Waals surface area (Å²) in [6.07, 6.45) is 8.35. The highest BCUT2D eigenvalue weighted by molar-refractivity contribution is 6.02. The second-order valence-electron chi connectivity index (χ2n) is 12.1. The summed E-state index contributed by atoms with van der Waals surface area (Å²) < 4.78 is 24.1. The van der Waals surface area contributed by atoms with Crippen LogP contribution in [0, 0.1) is 5.82 Å². The Labute approximate surface area is 250 Å². The third-order valence-electron chi connectivity index (χ3n) is 9.35. The SMILES string of the molecule is CN1CCCC1CCNc1c(F)cc2c(=O)c(C(=O)NCCN3CCCCC3)cn3c2c1Oc1cc2ccccc2cc1-3. The van der Waals surface area contributed by atoms with Gasteiger partial charge in [-0.1, -0.05) is 30.7 Å². The number of anilines is 1. The second-order valence-corrected chi connectivity index (χ2v) is 12.1. The average molecular weight is 584 g/mol. The molecular weight excluding hydrogens is 545 g/mol. The second kappa shape index (κ2) is 11.6. The zero-order valence-corrected chi connectivity index (χ0v) is 24.6. The fourth-order valence-electron chi connectivity index (χ4n) is 6.94. The molecule has 8 nitrogen and oxygen atoms in total. The van der Waals surface area contributed by atoms with Crippen molar-refractivity contribution in [2.75, 3.05) is 51.6 Å². The molecule has 3 aliphatic heterocycles. The first kappa shape index (κ1) is 27.9. The van der Waals surface area contributed by atoms with Crippen molar-refractivity contribution in [3.05, 3.63) is 70.3 Å². The number of nitrogens with zero attached hydrogens (tertiary/aromatic N) is 3. The van der Waals surface area contributed by atoms with Crippen LogP contribution in [-0.2, 0) is 0 Å². The molecule has 43 heavy (non-hydrogen) atoms. The van der Waals surface area contributed by atoms with Crippen LogP contribution in [0.5, 0.6) is 11.5 Å². The number of likely N-dealkylation sites (tertiary alicyclic amines) is 2. The minimum atomic E-state index is -0.571. The summed E-state index contributed by atoms with van der Waals surface area (Å²) in [4.78, 5) is 31.8. The lowest BCUT2D eigenvalue weighted by molar-refractivity contribution is 0.0945. The summed E-state index contributed by atoms with van der Waals surface area (Å²) in [6, 6.07) is 13.6. The monoisotopic (exact) mass is 583 g/mol. The Hall–Kier alpha value is -3.95. The van der Waals surface area contributed by atoms with Gasteiger partial charge in [0.1, 0.15) is 16.8 Å². The first-order valence-electron chi connectivity index (χ1n) is 15.6. The summed E-state index contributed by atoms with van der Waals surface area (Å²) in [5.74, 6) is -0.215. The molecule has 0 spiro atoms. The minimum Gasteiger partial charge on any atom is -0.451 e. The van der Waals surface area contributed by atoms with Crippen LogP contribution in [-0.4, -0.2) is 72.6 Å². The van der Waals surface area contributed by atoms with Gasteiger partial charge in [-0.25, -0.2) is 4.39 Å². The number of carbonyl (C=O) groups is 1. The summed E-state index contributed by atoms with van der Waals surface area (Å²) in [6.45, 7) is 4.88. The number of aromatic nitrogens is 1. The molecule has 2 saturated heterocycles. The number of ether oxygens (including phenoxy) is 1. The van der Waals surface area contributed by atoms with Crippen LogP contribution in [0.4, 0.5) is 10.1 Å². The molecule has 4 heterocycles. The zero-order chi connectivity index (χ0) is 29.5. The minimum absolute atomic E-state index is 0.0116. The van der Waals surface area contributed by atoms with E-state index < -0.39 is 17.2 Å². The normalized spacial score (nSPS) is 18.5. The quantitative estimate of drug-likeness (QED) is 0.251. The molecule has 0 bridgehead atoms. The summed E-state index contributed by atoms with van der Waals surface area (Å²) in [5.41, 5.74) is 0.874. The first-order valence-corrected chi connectivity index (χ1v) is 15.6. The maximum atomic E-state index is 15.8. The van der Waals surface area contributed by atoms with Gasteiger partial charge in [-0.3, -0.25) is 9.59 Å². The van der Waals surface area contributed by atoms with Crippen LogP contribution in [0.15, 0.2) is 53.5 Å². The van der Waals surface area contributed by atoms with Gasteiger partial charge in [0.2, 0.25) is 5.43 Å². The standard InChI is InChI=1S/C34H38FN5O3/c1-38-14-7-10-24(38)11-12-36-30-27(35)20-25-31-33(30)43-29-19-23-9-4-3-8-22(23)18-28(29)40(31)21-26(32(25)41)34(42)37-13-17-39-15-5-2-6-16-39/h3-4,8-9,18-21,24,36H,2,5-7,10-17H2,1H3,(H,37,42). The van der Waals surface area contributed by atoms with Crippen molar-refractivity contribution in [3.8, 4) is 17.2 Å². The Morgan fingerprint density at radius 1 is 1.02 bits per heavy atom. The Morgan fingerprint density at radius 2 is 1.81 bits per heavy atom. The zero-order valence-electron chi connectivity index (χ0n) is 24.6. The van der Waals surface area contributed by atoms with Crippen LogP contribution in [0.25, 0.3) is 27.4 Å². The van der Waals surface area contributed by atoms with Gasteiger partial charge in [0.05, 0.1) is 11.1 Å². The van der Waals surface area contributed by atoms with Gasteiger partial charge in [0.15, 0.2) is 17.3 Å². The molecule has 2 N–H and O–H groups in total. The van der Waals surface area contributed by atoms with E-state index in [0.717, 1.165) is 49.8 Å². The number of piperidine rings is 1. The molecule has 1 unspecified atom stereocenters. The third kappa shape index (κ3) is 5.25. The molecule has 1 aromatic heterocycles. The number of hydrogen-bond donors (Lipinski definition) is 2. The molecule has 2 fully saturated rings. The molecule has 0 aliphatic carbocycles. The van der Waals surface area contributed by atoms with Crippen LogP contribution >= 0.6 is 0 Å². The lowest BCUT2D eigenvalue weighted by Crippen LogP contribution is -2.39. The molecular formula is C34H38FN5O3. The third-order valence-corrected chi connectivity index (χ3v) is 9.35. The van der Waals surface area contributed by atoms with Crippen LogP contribution in [0.2, 0.25) is 0 Å². The molecule has 3 aromatic carbocycles. The van der Waals surface area contributed by atoms with E-state index >= 15 is 4.39 Å². The largest absolute Gasteiger partial charge is 0.451 e. The van der Waals surface area contributed by atoms with Gasteiger partial charge in [0, 0.05) is 31.9 Å². The highest BCUT2D eigenvalue weighted by atomic mass is 19.1. The van der Waals surface area contributed by atoms with E-state index in [1.54, 1.807) is 6.20 Å². The van der Waals surface area contributed by atoms with Gasteiger partial charge < -0.3 is 29.7 Å². The fourth-order valence-corrected chi connectivity index (χ4v) is 6.94. The molecule has 1 atom stereocenters. The molecule has 0 saturated carbocycles. The van der Waals surface area contributed by atoms with Crippen molar-refractivity contribution < 1.29 is 13.9 Å². The Balaban J connectivity index is 1.28. The highest BCUT2D eigenvalue weighted by Crippen LogP contribution is 2.46. The predicted octanol–water partition coefficient (Wildman–Crippen LogP) is 5.50. The van der Waals surface area contributed by atoms with Crippen LogP contribution in [0.1, 0.15) is 48.9 Å². The van der Waals surface area contributed by atoms with Crippen molar-refractivity contribution in [3.63, 3.8) is 0 Å². The van der Waals surface area contributed by atoms with Gasteiger partial charge in [-0.15, -0.1) is 0 Å². The molecule has 3 aliphatic rings. The number of fused-ring (bicyclic) bond motifs is 3. The van der Waals surface area contributed by atoms with Gasteiger partial charge in [-0.05, 0) is 87.8 Å². The van der Waals surface area contributed by atoms with E-state index in [0.29, 0.717) is 36.1 Å². The van der Waals surface area contributed by atoms with E-state index in [-0.39, 0.29) is 22.4 Å². The molecule has 224 valence electrons. The van der Waals surface area contributed by atoms with Gasteiger partial charge in [0.25, 0.3) is 5.91 Å². The summed E-state index contributed by atoms with van der Waals surface area (Å²) in [7, 11) is 2.13. The van der Waals surface area contributed by atoms with Gasteiger partial charge in [-0.2, -0.15) is 0 Å². The predicted molar refractivity (Wildman–Crippen MR) is 168 cm³/mol. The van der Waals surface area contributed by atoms with E-state index in [9.17, 15) is 9.59 Å². The average Bonchev–Trinajstić information content (AvgIpc) is 3.43. The Morgan fingerprint density at radius 3 is 2.58 bits per heavy atom. The van der Waals surface area contributed by atoms with E-state index in [2.05, 4.69) is 27.5 Å².